The lowest BCUT2D eigenvalue weighted by Crippen LogP contribution is -1.91. The molecule has 0 aromatic carbocycles. The van der Waals surface area contributed by atoms with Gasteiger partial charge in [-0.05, 0) is 22.9 Å². The van der Waals surface area contributed by atoms with Crippen molar-refractivity contribution in [3.63, 3.8) is 0 Å². The normalized spacial score (nSPS) is 13.4. The quantitative estimate of drug-likeness (QED) is 0.701. The van der Waals surface area contributed by atoms with Crippen LogP contribution in [0.3, 0.4) is 0 Å². The van der Waals surface area contributed by atoms with Crippen molar-refractivity contribution in [2.45, 2.75) is 11.6 Å². The van der Waals surface area contributed by atoms with E-state index in [0.717, 1.165) is 11.6 Å². The Bertz CT molecular complexity index is 358. The number of aromatic nitrogens is 4. The van der Waals surface area contributed by atoms with E-state index in [4.69, 9.17) is 0 Å². The minimum atomic E-state index is 0.838. The van der Waals surface area contributed by atoms with Gasteiger partial charge in [0.15, 0.2) is 0 Å². The van der Waals surface area contributed by atoms with Crippen molar-refractivity contribution in [1.29, 1.82) is 0 Å². The average molecular weight is 243 g/mol. The van der Waals surface area contributed by atoms with Gasteiger partial charge >= 0.3 is 0 Å². The zero-order valence-corrected chi connectivity index (χ0v) is 10.5. The molecular formula is C8H13N5S2. The van der Waals surface area contributed by atoms with E-state index >= 15 is 0 Å². The lowest BCUT2D eigenvalue weighted by molar-refractivity contribution is 0.665. The first-order valence-corrected chi connectivity index (χ1v) is 6.75. The van der Waals surface area contributed by atoms with Crippen LogP contribution >= 0.6 is 23.5 Å². The SMILES string of the molecule is CSC1=NC=CC1.CSc1nnnn1C. The highest BCUT2D eigenvalue weighted by Crippen LogP contribution is 2.08. The zero-order chi connectivity index (χ0) is 11.1. The molecule has 0 spiro atoms. The number of hydrogen-bond acceptors (Lipinski definition) is 6. The van der Waals surface area contributed by atoms with Crippen LogP contribution in [-0.4, -0.2) is 37.8 Å². The summed E-state index contributed by atoms with van der Waals surface area (Å²) in [6, 6.07) is 0. The summed E-state index contributed by atoms with van der Waals surface area (Å²) in [7, 11) is 1.81. The van der Waals surface area contributed by atoms with Gasteiger partial charge in [-0.3, -0.25) is 4.99 Å². The minimum absolute atomic E-state index is 0.838. The number of thioether (sulfide) groups is 2. The summed E-state index contributed by atoms with van der Waals surface area (Å²) in [6.07, 6.45) is 8.94. The maximum absolute atomic E-state index is 4.05. The fourth-order valence-corrected chi connectivity index (χ4v) is 1.72. The van der Waals surface area contributed by atoms with E-state index in [-0.39, 0.29) is 0 Å². The van der Waals surface area contributed by atoms with Crippen LogP contribution in [0, 0.1) is 0 Å². The maximum atomic E-state index is 4.05. The molecule has 2 heterocycles. The fourth-order valence-electron chi connectivity index (χ4n) is 0.872. The van der Waals surface area contributed by atoms with Crippen LogP contribution < -0.4 is 0 Å². The number of hydrogen-bond donors (Lipinski definition) is 0. The Morgan fingerprint density at radius 3 is 2.40 bits per heavy atom. The van der Waals surface area contributed by atoms with Gasteiger partial charge in [-0.25, -0.2) is 4.68 Å². The molecule has 82 valence electrons. The number of tetrazole rings is 1. The Hall–Kier alpha value is -0.820. The Morgan fingerprint density at radius 1 is 1.33 bits per heavy atom. The Kier molecular flexibility index (Phi) is 5.41. The molecule has 0 fully saturated rings. The highest BCUT2D eigenvalue weighted by molar-refractivity contribution is 8.13. The van der Waals surface area contributed by atoms with Crippen molar-refractivity contribution >= 4 is 28.6 Å². The second kappa shape index (κ2) is 6.62. The van der Waals surface area contributed by atoms with Crippen molar-refractivity contribution in [3.8, 4) is 0 Å². The summed E-state index contributed by atoms with van der Waals surface area (Å²) in [5.74, 6) is 0. The molecule has 0 atom stereocenters. The lowest BCUT2D eigenvalue weighted by Gasteiger charge is -1.86. The predicted octanol–water partition coefficient (Wildman–Crippen LogP) is 1.60. The van der Waals surface area contributed by atoms with Crippen LogP contribution in [0.2, 0.25) is 0 Å². The molecule has 0 saturated carbocycles. The van der Waals surface area contributed by atoms with Gasteiger partial charge in [0.1, 0.15) is 0 Å². The molecule has 0 unspecified atom stereocenters. The van der Waals surface area contributed by atoms with E-state index in [1.54, 1.807) is 16.4 Å². The van der Waals surface area contributed by atoms with Crippen LogP contribution in [0.4, 0.5) is 0 Å². The van der Waals surface area contributed by atoms with Gasteiger partial charge in [0.05, 0.1) is 5.04 Å². The summed E-state index contributed by atoms with van der Waals surface area (Å²) >= 11 is 3.25. The first kappa shape index (κ1) is 12.3. The van der Waals surface area contributed by atoms with Crippen molar-refractivity contribution in [2.24, 2.45) is 12.0 Å². The van der Waals surface area contributed by atoms with Crippen molar-refractivity contribution in [3.05, 3.63) is 12.3 Å². The number of allylic oxidation sites excluding steroid dienone is 1. The molecule has 0 amide bonds. The van der Waals surface area contributed by atoms with Gasteiger partial charge in [-0.1, -0.05) is 17.8 Å². The number of aryl methyl sites for hydroxylation is 1. The van der Waals surface area contributed by atoms with Crippen LogP contribution in [0.15, 0.2) is 22.4 Å². The van der Waals surface area contributed by atoms with Gasteiger partial charge in [0.25, 0.3) is 0 Å². The smallest absolute Gasteiger partial charge is 0.208 e. The second-order valence-corrected chi connectivity index (χ2v) is 4.26. The Morgan fingerprint density at radius 2 is 2.13 bits per heavy atom. The minimum Gasteiger partial charge on any atom is -0.254 e. The van der Waals surface area contributed by atoms with E-state index < -0.39 is 0 Å². The van der Waals surface area contributed by atoms with Crippen molar-refractivity contribution < 1.29 is 0 Å². The van der Waals surface area contributed by atoms with Crippen LogP contribution in [0.25, 0.3) is 0 Å². The van der Waals surface area contributed by atoms with Crippen LogP contribution in [-0.2, 0) is 7.05 Å². The van der Waals surface area contributed by atoms with E-state index in [1.165, 1.54) is 16.8 Å². The molecule has 1 aliphatic heterocycles. The Balaban J connectivity index is 0.000000151. The van der Waals surface area contributed by atoms with Gasteiger partial charge in [-0.2, -0.15) is 0 Å². The van der Waals surface area contributed by atoms with E-state index in [1.807, 2.05) is 25.8 Å². The first-order chi connectivity index (χ1) is 7.27. The average Bonchev–Trinajstić information content (AvgIpc) is 2.88. The molecule has 5 nitrogen and oxygen atoms in total. The van der Waals surface area contributed by atoms with Crippen LogP contribution in [0.1, 0.15) is 6.42 Å². The van der Waals surface area contributed by atoms with Gasteiger partial charge < -0.3 is 0 Å². The maximum Gasteiger partial charge on any atom is 0.208 e. The largest absolute Gasteiger partial charge is 0.254 e. The third-order valence-electron chi connectivity index (χ3n) is 1.62. The van der Waals surface area contributed by atoms with Gasteiger partial charge in [0.2, 0.25) is 5.16 Å². The first-order valence-electron chi connectivity index (χ1n) is 4.30. The third kappa shape index (κ3) is 4.05. The highest BCUT2D eigenvalue weighted by atomic mass is 32.2. The molecule has 1 aromatic heterocycles. The molecule has 0 saturated heterocycles. The predicted molar refractivity (Wildman–Crippen MR) is 65.3 cm³/mol. The topological polar surface area (TPSA) is 56.0 Å². The molecule has 0 radical (unpaired) electrons. The van der Waals surface area contributed by atoms with E-state index in [9.17, 15) is 0 Å². The van der Waals surface area contributed by atoms with Gasteiger partial charge in [-0.15, -0.1) is 16.9 Å². The molecule has 15 heavy (non-hydrogen) atoms. The monoisotopic (exact) mass is 243 g/mol. The molecular weight excluding hydrogens is 230 g/mol. The molecule has 7 heteroatoms. The van der Waals surface area contributed by atoms with Crippen LogP contribution in [0.5, 0.6) is 0 Å². The number of aliphatic imine (C=N–C) groups is 1. The Labute approximate surface area is 97.4 Å². The molecule has 2 rings (SSSR count). The summed E-state index contributed by atoms with van der Waals surface area (Å²) in [6.45, 7) is 0. The standard InChI is InChI=1S/C5H7NS.C3H6N4S/c1-7-5-3-2-4-6-5;1-7-3(8-2)4-5-6-7/h2,4H,3H2,1H3;1-2H3. The summed E-state index contributed by atoms with van der Waals surface area (Å²) in [5, 5.41) is 12.8. The molecule has 1 aromatic rings. The van der Waals surface area contributed by atoms with E-state index in [2.05, 4.69) is 26.6 Å². The lowest BCUT2D eigenvalue weighted by atomic mass is 10.5. The summed E-state index contributed by atoms with van der Waals surface area (Å²) in [5.41, 5.74) is 0. The molecule has 1 aliphatic rings. The molecule has 0 N–H and O–H groups in total. The van der Waals surface area contributed by atoms with Crippen molar-refractivity contribution in [2.75, 3.05) is 12.5 Å². The zero-order valence-electron chi connectivity index (χ0n) is 8.91. The summed E-state index contributed by atoms with van der Waals surface area (Å²) < 4.78 is 1.63. The number of nitrogens with zero attached hydrogens (tertiary/aromatic N) is 5. The second-order valence-electron chi connectivity index (χ2n) is 2.61. The van der Waals surface area contributed by atoms with Gasteiger partial charge in [0, 0.05) is 19.7 Å². The highest BCUT2D eigenvalue weighted by Gasteiger charge is 1.95. The number of rotatable bonds is 1. The third-order valence-corrected chi connectivity index (χ3v) is 3.07. The molecule has 0 aliphatic carbocycles. The van der Waals surface area contributed by atoms with E-state index in [0.29, 0.717) is 0 Å². The van der Waals surface area contributed by atoms with Crippen molar-refractivity contribution in [1.82, 2.24) is 20.2 Å². The summed E-state index contributed by atoms with van der Waals surface area (Å²) in [4.78, 5) is 4.05. The molecule has 0 bridgehead atoms. The fraction of sp³-hybridized carbons (Fsp3) is 0.500.